The van der Waals surface area contributed by atoms with E-state index in [2.05, 4.69) is 9.97 Å². The number of nitrogens with zero attached hydrogens (tertiary/aromatic N) is 2. The number of rotatable bonds is 3. The molecule has 0 spiro atoms. The van der Waals surface area contributed by atoms with Gasteiger partial charge in [-0.15, -0.1) is 0 Å². The predicted molar refractivity (Wildman–Crippen MR) is 73.5 cm³/mol. The summed E-state index contributed by atoms with van der Waals surface area (Å²) in [5.41, 5.74) is -0.0754. The summed E-state index contributed by atoms with van der Waals surface area (Å²) >= 11 is 0. The van der Waals surface area contributed by atoms with Crippen LogP contribution in [0.4, 0.5) is 0 Å². The highest BCUT2D eigenvalue weighted by Crippen LogP contribution is 2.36. The lowest BCUT2D eigenvalue weighted by atomic mass is 9.85. The topological polar surface area (TPSA) is 53.5 Å². The molecule has 0 amide bonds. The highest BCUT2D eigenvalue weighted by molar-refractivity contribution is 6.61. The first-order valence-electron chi connectivity index (χ1n) is 6.55. The molecule has 2 rings (SSSR count). The van der Waals surface area contributed by atoms with Crippen LogP contribution in [-0.4, -0.2) is 34.4 Å². The first kappa shape index (κ1) is 14.3. The van der Waals surface area contributed by atoms with Crippen LogP contribution in [0.5, 0.6) is 5.88 Å². The van der Waals surface area contributed by atoms with Gasteiger partial charge in [-0.05, 0) is 41.5 Å². The van der Waals surface area contributed by atoms with Gasteiger partial charge in [-0.1, -0.05) is 0 Å². The van der Waals surface area contributed by atoms with Crippen LogP contribution in [0, 0.1) is 0 Å². The molecule has 1 aliphatic rings. The molecule has 1 fully saturated rings. The molecular formula is C13H21BN2O3. The van der Waals surface area contributed by atoms with Crippen molar-refractivity contribution < 1.29 is 14.0 Å². The van der Waals surface area contributed by atoms with Crippen molar-refractivity contribution in [2.75, 3.05) is 0 Å². The largest absolute Gasteiger partial charge is 0.516 e. The zero-order valence-electron chi connectivity index (χ0n) is 12.4. The molecule has 6 heteroatoms. The second kappa shape index (κ2) is 4.76. The molecule has 0 atom stereocenters. The number of ether oxygens (including phenoxy) is 1. The van der Waals surface area contributed by atoms with Crippen LogP contribution in [0.1, 0.15) is 41.5 Å². The van der Waals surface area contributed by atoms with Gasteiger partial charge in [0.1, 0.15) is 0 Å². The van der Waals surface area contributed by atoms with Crippen molar-refractivity contribution in [1.29, 1.82) is 0 Å². The smallest absolute Gasteiger partial charge is 0.474 e. The van der Waals surface area contributed by atoms with Gasteiger partial charge in [-0.25, -0.2) is 4.98 Å². The van der Waals surface area contributed by atoms with Crippen LogP contribution in [0.3, 0.4) is 0 Å². The highest BCUT2D eigenvalue weighted by Gasteiger charge is 2.52. The van der Waals surface area contributed by atoms with Crippen LogP contribution in [0.2, 0.25) is 0 Å². The lowest BCUT2D eigenvalue weighted by Gasteiger charge is -2.32. The third-order valence-corrected chi connectivity index (χ3v) is 3.50. The van der Waals surface area contributed by atoms with E-state index in [1.165, 1.54) is 0 Å². The molecule has 0 aliphatic carbocycles. The summed E-state index contributed by atoms with van der Waals surface area (Å²) < 4.78 is 17.3. The van der Waals surface area contributed by atoms with Gasteiger partial charge in [0.2, 0.25) is 5.88 Å². The fourth-order valence-corrected chi connectivity index (χ4v) is 1.71. The van der Waals surface area contributed by atoms with E-state index in [9.17, 15) is 0 Å². The van der Waals surface area contributed by atoms with Crippen molar-refractivity contribution in [3.05, 3.63) is 12.4 Å². The molecule has 1 saturated heterocycles. The zero-order valence-corrected chi connectivity index (χ0v) is 12.4. The maximum atomic E-state index is 5.91. The lowest BCUT2D eigenvalue weighted by Crippen LogP contribution is -2.41. The molecule has 0 aromatic carbocycles. The summed E-state index contributed by atoms with van der Waals surface area (Å²) in [5.74, 6) is 0.510. The molecule has 1 aromatic heterocycles. The molecule has 19 heavy (non-hydrogen) atoms. The SMILES string of the molecule is CC(C)Oc1cnc(B2OC(C)(C)C(C)(C)O2)cn1. The van der Waals surface area contributed by atoms with E-state index in [1.54, 1.807) is 12.4 Å². The van der Waals surface area contributed by atoms with Gasteiger partial charge >= 0.3 is 7.12 Å². The van der Waals surface area contributed by atoms with Crippen molar-refractivity contribution in [1.82, 2.24) is 9.97 Å². The van der Waals surface area contributed by atoms with Crippen molar-refractivity contribution in [2.45, 2.75) is 58.8 Å². The van der Waals surface area contributed by atoms with Crippen LogP contribution in [0.25, 0.3) is 0 Å². The molecule has 0 unspecified atom stereocenters. The maximum Gasteiger partial charge on any atom is 0.516 e. The Kier molecular flexibility index (Phi) is 3.58. The van der Waals surface area contributed by atoms with E-state index in [0.717, 1.165) is 0 Å². The van der Waals surface area contributed by atoms with Crippen molar-refractivity contribution in [2.24, 2.45) is 0 Å². The Hall–Kier alpha value is -1.14. The molecule has 5 nitrogen and oxygen atoms in total. The van der Waals surface area contributed by atoms with Gasteiger partial charge in [0.05, 0.1) is 29.1 Å². The summed E-state index contributed by atoms with van der Waals surface area (Å²) in [6.45, 7) is 11.9. The number of hydrogen-bond donors (Lipinski definition) is 0. The Labute approximate surface area is 114 Å². The molecule has 0 saturated carbocycles. The fourth-order valence-electron chi connectivity index (χ4n) is 1.71. The third-order valence-electron chi connectivity index (χ3n) is 3.50. The molecule has 104 valence electrons. The summed E-state index contributed by atoms with van der Waals surface area (Å²) in [7, 11) is -0.481. The minimum Gasteiger partial charge on any atom is -0.474 e. The summed E-state index contributed by atoms with van der Waals surface area (Å²) in [4.78, 5) is 8.52. The molecule has 2 heterocycles. The van der Waals surface area contributed by atoms with Crippen molar-refractivity contribution in [3.63, 3.8) is 0 Å². The average molecular weight is 264 g/mol. The molecule has 1 aliphatic heterocycles. The molecular weight excluding hydrogens is 243 g/mol. The Morgan fingerprint density at radius 3 is 2.05 bits per heavy atom. The van der Waals surface area contributed by atoms with Gasteiger partial charge in [0.25, 0.3) is 0 Å². The standard InChI is InChI=1S/C13H21BN2O3/c1-9(2)17-11-8-15-10(7-16-11)14-18-12(3,4)13(5,6)19-14/h7-9H,1-6H3. The minimum atomic E-state index is -0.481. The lowest BCUT2D eigenvalue weighted by molar-refractivity contribution is 0.00578. The van der Waals surface area contributed by atoms with E-state index in [1.807, 2.05) is 41.5 Å². The van der Waals surface area contributed by atoms with Crippen molar-refractivity contribution >= 4 is 12.7 Å². The van der Waals surface area contributed by atoms with E-state index in [-0.39, 0.29) is 17.3 Å². The normalized spacial score (nSPS) is 20.9. The van der Waals surface area contributed by atoms with Crippen molar-refractivity contribution in [3.8, 4) is 5.88 Å². The zero-order chi connectivity index (χ0) is 14.3. The van der Waals surface area contributed by atoms with E-state index in [4.69, 9.17) is 14.0 Å². The van der Waals surface area contributed by atoms with Gasteiger partial charge in [-0.2, -0.15) is 0 Å². The van der Waals surface area contributed by atoms with E-state index >= 15 is 0 Å². The summed E-state index contributed by atoms with van der Waals surface area (Å²) in [6, 6.07) is 0. The van der Waals surface area contributed by atoms with E-state index in [0.29, 0.717) is 11.5 Å². The van der Waals surface area contributed by atoms with Gasteiger partial charge in [0.15, 0.2) is 0 Å². The average Bonchev–Trinajstić information content (AvgIpc) is 2.48. The molecule has 0 radical (unpaired) electrons. The molecule has 0 bridgehead atoms. The van der Waals surface area contributed by atoms with Gasteiger partial charge in [0, 0.05) is 6.20 Å². The second-order valence-corrected chi connectivity index (χ2v) is 6.03. The Balaban J connectivity index is 2.12. The highest BCUT2D eigenvalue weighted by atomic mass is 16.7. The monoisotopic (exact) mass is 264 g/mol. The predicted octanol–water partition coefficient (Wildman–Crippen LogP) is 1.56. The van der Waals surface area contributed by atoms with Crippen LogP contribution in [-0.2, 0) is 9.31 Å². The van der Waals surface area contributed by atoms with Crippen LogP contribution >= 0.6 is 0 Å². The molecule has 1 aromatic rings. The first-order chi connectivity index (χ1) is 8.71. The summed E-state index contributed by atoms with van der Waals surface area (Å²) in [6.07, 6.45) is 3.32. The quantitative estimate of drug-likeness (QED) is 0.775. The number of aromatic nitrogens is 2. The molecule has 0 N–H and O–H groups in total. The maximum absolute atomic E-state index is 5.91. The van der Waals surface area contributed by atoms with Gasteiger partial charge < -0.3 is 14.0 Å². The Bertz CT molecular complexity index is 430. The van der Waals surface area contributed by atoms with Gasteiger partial charge in [-0.3, -0.25) is 4.98 Å². The van der Waals surface area contributed by atoms with Crippen LogP contribution in [0.15, 0.2) is 12.4 Å². The Morgan fingerprint density at radius 1 is 1.05 bits per heavy atom. The third kappa shape index (κ3) is 2.90. The Morgan fingerprint density at radius 2 is 1.63 bits per heavy atom. The minimum absolute atomic E-state index is 0.0806. The van der Waals surface area contributed by atoms with Crippen LogP contribution < -0.4 is 10.3 Å². The number of hydrogen-bond acceptors (Lipinski definition) is 5. The van der Waals surface area contributed by atoms with E-state index < -0.39 is 7.12 Å². The first-order valence-corrected chi connectivity index (χ1v) is 6.55. The fraction of sp³-hybridized carbons (Fsp3) is 0.692. The summed E-state index contributed by atoms with van der Waals surface area (Å²) in [5, 5.41) is 0. The second-order valence-electron chi connectivity index (χ2n) is 6.03.